The number of hydrogen-bond donors (Lipinski definition) is 1. The standard InChI is InChI=1S/C19H28N2O/c1-21(14-19(22)20-16-10-3-2-4-11-16)18-13-7-9-15-8-5-6-12-17(15)18/h5-6,8,12,16,18H,2-4,7,9-11,13-14H2,1H3,(H,20,22)/t18-/m1/s1. The second kappa shape index (κ2) is 7.28. The van der Waals surface area contributed by atoms with Crippen LogP contribution >= 0.6 is 0 Å². The van der Waals surface area contributed by atoms with Crippen LogP contribution in [0.3, 0.4) is 0 Å². The van der Waals surface area contributed by atoms with Gasteiger partial charge < -0.3 is 5.32 Å². The number of rotatable bonds is 4. The van der Waals surface area contributed by atoms with E-state index in [0.717, 1.165) is 19.3 Å². The van der Waals surface area contributed by atoms with Gasteiger partial charge in [0, 0.05) is 12.1 Å². The lowest BCUT2D eigenvalue weighted by molar-refractivity contribution is -0.123. The molecule has 3 heteroatoms. The van der Waals surface area contributed by atoms with Crippen LogP contribution < -0.4 is 5.32 Å². The molecule has 1 fully saturated rings. The van der Waals surface area contributed by atoms with Crippen molar-refractivity contribution in [2.75, 3.05) is 13.6 Å². The topological polar surface area (TPSA) is 32.3 Å². The molecule has 0 bridgehead atoms. The van der Waals surface area contributed by atoms with Crippen molar-refractivity contribution >= 4 is 5.91 Å². The summed E-state index contributed by atoms with van der Waals surface area (Å²) < 4.78 is 0. The molecular formula is C19H28N2O. The summed E-state index contributed by atoms with van der Waals surface area (Å²) in [7, 11) is 2.09. The summed E-state index contributed by atoms with van der Waals surface area (Å²) in [5.41, 5.74) is 2.88. The molecule has 2 aliphatic carbocycles. The Kier molecular flexibility index (Phi) is 5.14. The third kappa shape index (κ3) is 3.70. The molecule has 22 heavy (non-hydrogen) atoms. The highest BCUT2D eigenvalue weighted by Gasteiger charge is 2.25. The largest absolute Gasteiger partial charge is 0.352 e. The molecule has 0 heterocycles. The summed E-state index contributed by atoms with van der Waals surface area (Å²) in [4.78, 5) is 14.6. The number of nitrogens with zero attached hydrogens (tertiary/aromatic N) is 1. The van der Waals surface area contributed by atoms with Crippen LogP contribution in [-0.4, -0.2) is 30.4 Å². The number of hydrogen-bond acceptors (Lipinski definition) is 2. The highest BCUT2D eigenvalue weighted by atomic mass is 16.2. The van der Waals surface area contributed by atoms with Crippen LogP contribution in [0.2, 0.25) is 0 Å². The fourth-order valence-corrected chi connectivity index (χ4v) is 4.04. The van der Waals surface area contributed by atoms with Crippen LogP contribution in [0.4, 0.5) is 0 Å². The fraction of sp³-hybridized carbons (Fsp3) is 0.632. The zero-order valence-corrected chi connectivity index (χ0v) is 13.7. The molecule has 2 aliphatic rings. The van der Waals surface area contributed by atoms with E-state index in [9.17, 15) is 4.79 Å². The molecule has 0 radical (unpaired) electrons. The molecule has 1 N–H and O–H groups in total. The number of amides is 1. The van der Waals surface area contributed by atoms with Gasteiger partial charge in [-0.25, -0.2) is 0 Å². The van der Waals surface area contributed by atoms with E-state index in [1.807, 2.05) is 0 Å². The predicted octanol–water partition coefficient (Wildman–Crippen LogP) is 3.44. The van der Waals surface area contributed by atoms with Crippen molar-refractivity contribution in [3.8, 4) is 0 Å². The summed E-state index contributed by atoms with van der Waals surface area (Å²) >= 11 is 0. The van der Waals surface area contributed by atoms with Crippen molar-refractivity contribution in [2.24, 2.45) is 0 Å². The molecule has 0 spiro atoms. The second-order valence-corrected chi connectivity index (χ2v) is 6.92. The lowest BCUT2D eigenvalue weighted by Gasteiger charge is -2.33. The molecular weight excluding hydrogens is 272 g/mol. The summed E-state index contributed by atoms with van der Waals surface area (Å²) in [6.45, 7) is 0.509. The first kappa shape index (κ1) is 15.5. The number of carbonyl (C=O) groups is 1. The van der Waals surface area contributed by atoms with Gasteiger partial charge in [0.15, 0.2) is 0 Å². The highest BCUT2D eigenvalue weighted by molar-refractivity contribution is 5.78. The average molecular weight is 300 g/mol. The van der Waals surface area contributed by atoms with Crippen molar-refractivity contribution < 1.29 is 4.79 Å². The first-order valence-corrected chi connectivity index (χ1v) is 8.81. The number of likely N-dealkylation sites (N-methyl/N-ethyl adjacent to an activating group) is 1. The van der Waals surface area contributed by atoms with Gasteiger partial charge in [-0.15, -0.1) is 0 Å². The van der Waals surface area contributed by atoms with E-state index in [1.54, 1.807) is 0 Å². The molecule has 1 aromatic carbocycles. The molecule has 1 aromatic rings. The first-order chi connectivity index (χ1) is 10.7. The predicted molar refractivity (Wildman–Crippen MR) is 89.8 cm³/mol. The Bertz CT molecular complexity index is 508. The van der Waals surface area contributed by atoms with E-state index >= 15 is 0 Å². The minimum atomic E-state index is 0.192. The maximum atomic E-state index is 12.3. The normalized spacial score (nSPS) is 22.4. The Labute approximate surface area is 134 Å². The monoisotopic (exact) mass is 300 g/mol. The van der Waals surface area contributed by atoms with E-state index in [1.165, 1.54) is 43.2 Å². The van der Waals surface area contributed by atoms with E-state index in [-0.39, 0.29) is 5.91 Å². The van der Waals surface area contributed by atoms with Gasteiger partial charge in [0.2, 0.25) is 5.91 Å². The molecule has 1 atom stereocenters. The molecule has 0 unspecified atom stereocenters. The Hall–Kier alpha value is -1.35. The zero-order valence-electron chi connectivity index (χ0n) is 13.7. The highest BCUT2D eigenvalue weighted by Crippen LogP contribution is 2.33. The van der Waals surface area contributed by atoms with Crippen LogP contribution in [0.15, 0.2) is 24.3 Å². The van der Waals surface area contributed by atoms with Crippen LogP contribution in [0.1, 0.15) is 62.1 Å². The number of carbonyl (C=O) groups excluding carboxylic acids is 1. The summed E-state index contributed by atoms with van der Waals surface area (Å²) in [5, 5.41) is 3.23. The van der Waals surface area contributed by atoms with Gasteiger partial charge in [0.25, 0.3) is 0 Å². The van der Waals surface area contributed by atoms with Crippen molar-refractivity contribution in [1.82, 2.24) is 10.2 Å². The second-order valence-electron chi connectivity index (χ2n) is 6.92. The maximum Gasteiger partial charge on any atom is 0.234 e. The summed E-state index contributed by atoms with van der Waals surface area (Å²) in [5.74, 6) is 0.192. The number of nitrogens with one attached hydrogen (secondary N) is 1. The Morgan fingerprint density at radius 3 is 2.73 bits per heavy atom. The van der Waals surface area contributed by atoms with Crippen molar-refractivity contribution in [1.29, 1.82) is 0 Å². The van der Waals surface area contributed by atoms with Crippen LogP contribution in [0, 0.1) is 0 Å². The number of aryl methyl sites for hydroxylation is 1. The molecule has 3 nitrogen and oxygen atoms in total. The zero-order chi connectivity index (χ0) is 15.4. The third-order valence-electron chi connectivity index (χ3n) is 5.23. The molecule has 0 saturated heterocycles. The summed E-state index contributed by atoms with van der Waals surface area (Å²) in [6.07, 6.45) is 9.71. The third-order valence-corrected chi connectivity index (χ3v) is 5.23. The number of benzene rings is 1. The van der Waals surface area contributed by atoms with Crippen LogP contribution in [0.5, 0.6) is 0 Å². The van der Waals surface area contributed by atoms with Crippen molar-refractivity contribution in [2.45, 2.75) is 63.5 Å². The molecule has 0 aliphatic heterocycles. The SMILES string of the molecule is CN(CC(=O)NC1CCCCC1)[C@@H]1CCCc2ccccc21. The fourth-order valence-electron chi connectivity index (χ4n) is 4.04. The maximum absolute atomic E-state index is 12.3. The van der Waals surface area contributed by atoms with Gasteiger partial charge in [-0.3, -0.25) is 9.69 Å². The Morgan fingerprint density at radius 2 is 1.91 bits per heavy atom. The number of fused-ring (bicyclic) bond motifs is 1. The van der Waals surface area contributed by atoms with E-state index in [4.69, 9.17) is 0 Å². The van der Waals surface area contributed by atoms with Gasteiger partial charge in [-0.05, 0) is 50.3 Å². The smallest absolute Gasteiger partial charge is 0.234 e. The van der Waals surface area contributed by atoms with Crippen LogP contribution in [0.25, 0.3) is 0 Å². The van der Waals surface area contributed by atoms with Crippen molar-refractivity contribution in [3.05, 3.63) is 35.4 Å². The minimum Gasteiger partial charge on any atom is -0.352 e. The van der Waals surface area contributed by atoms with E-state index < -0.39 is 0 Å². The average Bonchev–Trinajstić information content (AvgIpc) is 2.55. The molecule has 1 amide bonds. The minimum absolute atomic E-state index is 0.192. The Morgan fingerprint density at radius 1 is 1.14 bits per heavy atom. The van der Waals surface area contributed by atoms with E-state index in [2.05, 4.69) is 41.5 Å². The van der Waals surface area contributed by atoms with Gasteiger partial charge in [-0.1, -0.05) is 43.5 Å². The Balaban J connectivity index is 1.57. The van der Waals surface area contributed by atoms with Crippen LogP contribution in [-0.2, 0) is 11.2 Å². The van der Waals surface area contributed by atoms with Gasteiger partial charge in [0.05, 0.1) is 6.54 Å². The van der Waals surface area contributed by atoms with Gasteiger partial charge in [-0.2, -0.15) is 0 Å². The lowest BCUT2D eigenvalue weighted by atomic mass is 9.87. The van der Waals surface area contributed by atoms with Crippen molar-refractivity contribution in [3.63, 3.8) is 0 Å². The quantitative estimate of drug-likeness (QED) is 0.924. The lowest BCUT2D eigenvalue weighted by Crippen LogP contribution is -2.43. The molecule has 3 rings (SSSR count). The molecule has 1 saturated carbocycles. The van der Waals surface area contributed by atoms with E-state index in [0.29, 0.717) is 18.6 Å². The van der Waals surface area contributed by atoms with Gasteiger partial charge in [0.1, 0.15) is 0 Å². The first-order valence-electron chi connectivity index (χ1n) is 8.81. The van der Waals surface area contributed by atoms with Gasteiger partial charge >= 0.3 is 0 Å². The molecule has 0 aromatic heterocycles. The molecule has 120 valence electrons. The summed E-state index contributed by atoms with van der Waals surface area (Å²) in [6, 6.07) is 9.51.